The Morgan fingerprint density at radius 3 is 2.50 bits per heavy atom. The highest BCUT2D eigenvalue weighted by Crippen LogP contribution is 2.21. The van der Waals surface area contributed by atoms with Gasteiger partial charge >= 0.3 is 0 Å². The Labute approximate surface area is 180 Å². The number of amides is 1. The van der Waals surface area contributed by atoms with Crippen molar-refractivity contribution in [3.63, 3.8) is 0 Å². The van der Waals surface area contributed by atoms with E-state index in [4.69, 9.17) is 9.47 Å². The minimum Gasteiger partial charge on any atom is -0.385 e. The lowest BCUT2D eigenvalue weighted by Gasteiger charge is -2.21. The maximum absolute atomic E-state index is 13.2. The van der Waals surface area contributed by atoms with Crippen molar-refractivity contribution >= 4 is 27.3 Å². The maximum Gasteiger partial charge on any atom is 0.270 e. The third kappa shape index (κ3) is 7.10. The normalized spacial score (nSPS) is 11.7. The molecule has 0 aliphatic heterocycles. The van der Waals surface area contributed by atoms with E-state index >= 15 is 0 Å². The van der Waals surface area contributed by atoms with Crippen molar-refractivity contribution < 1.29 is 27.1 Å². The third-order valence-corrected chi connectivity index (χ3v) is 6.81. The van der Waals surface area contributed by atoms with Crippen LogP contribution >= 0.6 is 11.3 Å². The van der Waals surface area contributed by atoms with Crippen LogP contribution in [0.1, 0.15) is 28.3 Å². The van der Waals surface area contributed by atoms with Gasteiger partial charge in [0.25, 0.3) is 5.91 Å². The number of ether oxygens (including phenoxy) is 2. The van der Waals surface area contributed by atoms with Crippen LogP contribution in [0.2, 0.25) is 0 Å². The molecule has 2 aromatic rings. The lowest BCUT2D eigenvalue weighted by molar-refractivity contribution is 0.0944. The monoisotopic (exact) mass is 459 g/mol. The fourth-order valence-electron chi connectivity index (χ4n) is 2.57. The summed E-state index contributed by atoms with van der Waals surface area (Å²) in [7, 11) is -0.736. The molecule has 0 saturated heterocycles. The molecule has 8 nitrogen and oxygen atoms in total. The molecule has 0 aliphatic carbocycles. The molecular weight excluding hydrogens is 433 g/mol. The van der Waals surface area contributed by atoms with Gasteiger partial charge in [0.05, 0.1) is 11.4 Å². The van der Waals surface area contributed by atoms with E-state index in [1.54, 1.807) is 12.5 Å². The topological polar surface area (TPSA) is 97.8 Å². The zero-order chi connectivity index (χ0) is 22.0. The van der Waals surface area contributed by atoms with E-state index in [9.17, 15) is 17.6 Å². The van der Waals surface area contributed by atoms with Crippen LogP contribution in [0.25, 0.3) is 0 Å². The van der Waals surface area contributed by atoms with Crippen LogP contribution in [0.3, 0.4) is 0 Å². The summed E-state index contributed by atoms with van der Waals surface area (Å²) in [5.41, 5.74) is 0.239. The number of thiazole rings is 1. The average molecular weight is 460 g/mol. The lowest BCUT2D eigenvalue weighted by atomic mass is 10.4. The lowest BCUT2D eigenvalue weighted by Crippen LogP contribution is -2.32. The van der Waals surface area contributed by atoms with Gasteiger partial charge in [-0.15, -0.1) is 11.3 Å². The van der Waals surface area contributed by atoms with E-state index in [1.165, 1.54) is 34.9 Å². The average Bonchev–Trinajstić information content (AvgIpc) is 3.19. The van der Waals surface area contributed by atoms with Crippen LogP contribution in [0.15, 0.2) is 34.5 Å². The van der Waals surface area contributed by atoms with Crippen molar-refractivity contribution in [2.24, 2.45) is 0 Å². The molecule has 1 aromatic carbocycles. The number of methoxy groups -OCH3 is 2. The second-order valence-corrected chi connectivity index (χ2v) is 9.25. The predicted octanol–water partition coefficient (Wildman–Crippen LogP) is 2.28. The van der Waals surface area contributed by atoms with Gasteiger partial charge in [-0.2, -0.15) is 4.31 Å². The van der Waals surface area contributed by atoms with Crippen LogP contribution in [-0.2, 0) is 26.0 Å². The summed E-state index contributed by atoms with van der Waals surface area (Å²) in [6, 6.07) is 4.68. The quantitative estimate of drug-likeness (QED) is 0.462. The molecule has 1 heterocycles. The Hall–Kier alpha value is -1.92. The SMILES string of the molecule is COCCCNC(=O)c1csc(CN(CCCOC)S(=O)(=O)c2ccc(F)cc2)n1. The molecule has 0 bridgehead atoms. The minimum absolute atomic E-state index is 0.00501. The molecule has 0 fully saturated rings. The van der Waals surface area contributed by atoms with Crippen molar-refractivity contribution in [2.45, 2.75) is 24.3 Å². The molecular formula is C19H26FN3O5S2. The summed E-state index contributed by atoms with van der Waals surface area (Å²) in [6.45, 7) is 1.60. The molecule has 0 atom stereocenters. The van der Waals surface area contributed by atoms with E-state index in [0.717, 1.165) is 12.1 Å². The third-order valence-electron chi connectivity index (χ3n) is 4.11. The van der Waals surface area contributed by atoms with Gasteiger partial charge in [-0.25, -0.2) is 17.8 Å². The Bertz CT molecular complexity index is 903. The second-order valence-electron chi connectivity index (χ2n) is 6.37. The number of carbonyl (C=O) groups is 1. The van der Waals surface area contributed by atoms with Crippen LogP contribution in [-0.4, -0.2) is 64.1 Å². The summed E-state index contributed by atoms with van der Waals surface area (Å²) in [5, 5.41) is 4.83. The van der Waals surface area contributed by atoms with Gasteiger partial charge in [-0.3, -0.25) is 4.79 Å². The molecule has 0 saturated carbocycles. The first-order valence-electron chi connectivity index (χ1n) is 9.34. The van der Waals surface area contributed by atoms with Crippen molar-refractivity contribution in [2.75, 3.05) is 40.5 Å². The Kier molecular flexibility index (Phi) is 9.79. The smallest absolute Gasteiger partial charge is 0.270 e. The van der Waals surface area contributed by atoms with E-state index in [2.05, 4.69) is 10.3 Å². The zero-order valence-corrected chi connectivity index (χ0v) is 18.6. The highest BCUT2D eigenvalue weighted by atomic mass is 32.2. The molecule has 1 N–H and O–H groups in total. The molecule has 2 rings (SSSR count). The van der Waals surface area contributed by atoms with Crippen molar-refractivity contribution in [1.82, 2.24) is 14.6 Å². The Morgan fingerprint density at radius 2 is 1.83 bits per heavy atom. The van der Waals surface area contributed by atoms with Gasteiger partial charge in [-0.05, 0) is 37.1 Å². The zero-order valence-electron chi connectivity index (χ0n) is 17.0. The standard InChI is InChI=1S/C19H26FN3O5S2/c1-27-11-3-9-21-19(24)17-14-29-18(22-17)13-23(10-4-12-28-2)30(25,26)16-7-5-15(20)6-8-16/h5-8,14H,3-4,9-13H2,1-2H3,(H,21,24). The molecule has 0 spiro atoms. The number of nitrogens with one attached hydrogen (secondary N) is 1. The highest BCUT2D eigenvalue weighted by Gasteiger charge is 2.26. The van der Waals surface area contributed by atoms with Crippen LogP contribution in [0.4, 0.5) is 4.39 Å². The molecule has 30 heavy (non-hydrogen) atoms. The first-order chi connectivity index (χ1) is 14.4. The first kappa shape index (κ1) is 24.4. The van der Waals surface area contributed by atoms with Gasteiger partial charge in [-0.1, -0.05) is 0 Å². The highest BCUT2D eigenvalue weighted by molar-refractivity contribution is 7.89. The molecule has 1 aromatic heterocycles. The summed E-state index contributed by atoms with van der Waals surface area (Å²) < 4.78 is 50.5. The van der Waals surface area contributed by atoms with Crippen LogP contribution in [0, 0.1) is 5.82 Å². The summed E-state index contributed by atoms with van der Waals surface area (Å²) >= 11 is 1.21. The maximum atomic E-state index is 13.2. The van der Waals surface area contributed by atoms with E-state index < -0.39 is 15.8 Å². The Balaban J connectivity index is 2.12. The van der Waals surface area contributed by atoms with E-state index in [1.807, 2.05) is 0 Å². The summed E-state index contributed by atoms with van der Waals surface area (Å²) in [6.07, 6.45) is 1.16. The number of benzene rings is 1. The number of hydrogen-bond donors (Lipinski definition) is 1. The fraction of sp³-hybridized carbons (Fsp3) is 0.474. The van der Waals surface area contributed by atoms with Gasteiger partial charge < -0.3 is 14.8 Å². The first-order valence-corrected chi connectivity index (χ1v) is 11.7. The van der Waals surface area contributed by atoms with E-state index in [0.29, 0.717) is 37.6 Å². The molecule has 166 valence electrons. The molecule has 0 aliphatic rings. The van der Waals surface area contributed by atoms with Gasteiger partial charge in [0, 0.05) is 45.9 Å². The molecule has 0 unspecified atom stereocenters. The van der Waals surface area contributed by atoms with Gasteiger partial charge in [0.1, 0.15) is 16.5 Å². The number of halogens is 1. The predicted molar refractivity (Wildman–Crippen MR) is 111 cm³/mol. The number of rotatable bonds is 13. The number of hydrogen-bond acceptors (Lipinski definition) is 7. The molecule has 1 amide bonds. The van der Waals surface area contributed by atoms with Gasteiger partial charge in [0.2, 0.25) is 10.0 Å². The van der Waals surface area contributed by atoms with Gasteiger partial charge in [0.15, 0.2) is 0 Å². The van der Waals surface area contributed by atoms with Crippen LogP contribution in [0.5, 0.6) is 0 Å². The fourth-order valence-corrected chi connectivity index (χ4v) is 4.88. The van der Waals surface area contributed by atoms with Crippen molar-refractivity contribution in [3.05, 3.63) is 46.2 Å². The second kappa shape index (κ2) is 12.1. The number of aromatic nitrogens is 1. The summed E-state index contributed by atoms with van der Waals surface area (Å²) in [4.78, 5) is 16.4. The number of sulfonamides is 1. The molecule has 0 radical (unpaired) electrons. The van der Waals surface area contributed by atoms with Crippen LogP contribution < -0.4 is 5.32 Å². The van der Waals surface area contributed by atoms with E-state index in [-0.39, 0.29) is 29.6 Å². The largest absolute Gasteiger partial charge is 0.385 e. The van der Waals surface area contributed by atoms with Crippen molar-refractivity contribution in [3.8, 4) is 0 Å². The number of nitrogens with zero attached hydrogens (tertiary/aromatic N) is 2. The van der Waals surface area contributed by atoms with Crippen molar-refractivity contribution in [1.29, 1.82) is 0 Å². The molecule has 11 heteroatoms. The Morgan fingerprint density at radius 1 is 1.17 bits per heavy atom. The number of carbonyl (C=O) groups excluding carboxylic acids is 1. The summed E-state index contributed by atoms with van der Waals surface area (Å²) in [5.74, 6) is -0.832. The minimum atomic E-state index is -3.86.